The van der Waals surface area contributed by atoms with Gasteiger partial charge in [-0.15, -0.1) is 24.0 Å². The summed E-state index contributed by atoms with van der Waals surface area (Å²) >= 11 is 1.70. The van der Waals surface area contributed by atoms with Gasteiger partial charge < -0.3 is 20.1 Å². The molecule has 2 rings (SSSR count). The molecule has 0 atom stereocenters. The summed E-state index contributed by atoms with van der Waals surface area (Å²) < 4.78 is 11.3. The molecule has 0 saturated heterocycles. The average molecular weight is 489 g/mol. The largest absolute Gasteiger partial charge is 0.490 e. The number of nitrogens with one attached hydrogen (secondary N) is 2. The molecule has 1 aromatic heterocycles. The zero-order valence-corrected chi connectivity index (χ0v) is 18.7. The van der Waals surface area contributed by atoms with Crippen molar-refractivity contribution in [2.45, 2.75) is 26.8 Å². The molecule has 26 heavy (non-hydrogen) atoms. The van der Waals surface area contributed by atoms with Crippen molar-refractivity contribution < 1.29 is 9.47 Å². The summed E-state index contributed by atoms with van der Waals surface area (Å²) in [5.74, 6) is 2.42. The van der Waals surface area contributed by atoms with Crippen LogP contribution in [0.25, 0.3) is 0 Å². The second-order valence-corrected chi connectivity index (χ2v) is 6.16. The Morgan fingerprint density at radius 2 is 1.81 bits per heavy atom. The van der Waals surface area contributed by atoms with Crippen molar-refractivity contribution in [1.29, 1.82) is 0 Å². The first kappa shape index (κ1) is 22.6. The lowest BCUT2D eigenvalue weighted by molar-refractivity contribution is 0.287. The molecule has 0 radical (unpaired) electrons. The Bertz CT molecular complexity index is 663. The standard InChI is InChI=1S/C19H27N3O2S.HI/c1-4-23-17-7-6-15(12-18(17)24-5-2)8-10-21-19(20-3)22-13-16-9-11-25-14-16;/h6-7,9,11-12,14H,4-5,8,10,13H2,1-3H3,(H2,20,21,22);1H. The fourth-order valence-electron chi connectivity index (χ4n) is 2.38. The fraction of sp³-hybridized carbons (Fsp3) is 0.421. The molecule has 0 aliphatic carbocycles. The van der Waals surface area contributed by atoms with E-state index in [1.807, 2.05) is 19.9 Å². The van der Waals surface area contributed by atoms with Crippen molar-refractivity contribution in [3.63, 3.8) is 0 Å². The van der Waals surface area contributed by atoms with E-state index >= 15 is 0 Å². The van der Waals surface area contributed by atoms with Crippen LogP contribution in [0.3, 0.4) is 0 Å². The van der Waals surface area contributed by atoms with Crippen LogP contribution < -0.4 is 20.1 Å². The van der Waals surface area contributed by atoms with Crippen LogP contribution in [0.1, 0.15) is 25.0 Å². The van der Waals surface area contributed by atoms with E-state index in [4.69, 9.17) is 9.47 Å². The van der Waals surface area contributed by atoms with Gasteiger partial charge in [-0.25, -0.2) is 0 Å². The molecule has 2 aromatic rings. The molecule has 0 unspecified atom stereocenters. The maximum atomic E-state index is 5.68. The van der Waals surface area contributed by atoms with Crippen molar-refractivity contribution in [1.82, 2.24) is 10.6 Å². The first-order valence-corrected chi connectivity index (χ1v) is 9.55. The van der Waals surface area contributed by atoms with E-state index in [1.54, 1.807) is 18.4 Å². The minimum absolute atomic E-state index is 0. The maximum absolute atomic E-state index is 5.68. The van der Waals surface area contributed by atoms with Crippen LogP contribution in [0.15, 0.2) is 40.0 Å². The molecule has 7 heteroatoms. The molecule has 0 saturated carbocycles. The quantitative estimate of drug-likeness (QED) is 0.317. The number of halogens is 1. The monoisotopic (exact) mass is 489 g/mol. The number of nitrogens with zero attached hydrogens (tertiary/aromatic N) is 1. The van der Waals surface area contributed by atoms with Gasteiger partial charge in [-0.1, -0.05) is 6.07 Å². The molecule has 0 fully saturated rings. The van der Waals surface area contributed by atoms with Crippen LogP contribution in [0.2, 0.25) is 0 Å². The summed E-state index contributed by atoms with van der Waals surface area (Å²) in [4.78, 5) is 4.26. The van der Waals surface area contributed by atoms with Gasteiger partial charge in [0, 0.05) is 20.1 Å². The van der Waals surface area contributed by atoms with Crippen molar-refractivity contribution in [2.75, 3.05) is 26.8 Å². The molecular weight excluding hydrogens is 461 g/mol. The van der Waals surface area contributed by atoms with E-state index in [-0.39, 0.29) is 24.0 Å². The predicted octanol–water partition coefficient (Wildman–Crippen LogP) is 4.07. The Morgan fingerprint density at radius 3 is 2.46 bits per heavy atom. The van der Waals surface area contributed by atoms with Crippen LogP contribution in [0, 0.1) is 0 Å². The Balaban J connectivity index is 0.00000338. The highest BCUT2D eigenvalue weighted by Gasteiger charge is 2.06. The lowest BCUT2D eigenvalue weighted by atomic mass is 10.1. The first-order valence-electron chi connectivity index (χ1n) is 8.60. The minimum atomic E-state index is 0. The second kappa shape index (κ2) is 12.8. The molecule has 1 heterocycles. The molecular formula is C19H28IN3O2S. The topological polar surface area (TPSA) is 54.9 Å². The van der Waals surface area contributed by atoms with Crippen LogP contribution in [0.5, 0.6) is 11.5 Å². The zero-order chi connectivity index (χ0) is 17.9. The SMILES string of the molecule is CCOc1ccc(CCNC(=NC)NCc2ccsc2)cc1OCC.I. The predicted molar refractivity (Wildman–Crippen MR) is 120 cm³/mol. The normalized spacial score (nSPS) is 10.8. The third-order valence-electron chi connectivity index (χ3n) is 3.58. The van der Waals surface area contributed by atoms with Gasteiger partial charge >= 0.3 is 0 Å². The van der Waals surface area contributed by atoms with E-state index in [0.29, 0.717) is 13.2 Å². The van der Waals surface area contributed by atoms with Gasteiger partial charge in [-0.2, -0.15) is 11.3 Å². The van der Waals surface area contributed by atoms with Crippen molar-refractivity contribution in [2.24, 2.45) is 4.99 Å². The van der Waals surface area contributed by atoms with E-state index < -0.39 is 0 Å². The number of rotatable bonds is 9. The van der Waals surface area contributed by atoms with Crippen LogP contribution in [0.4, 0.5) is 0 Å². The molecule has 1 aromatic carbocycles. The molecule has 0 aliphatic heterocycles. The summed E-state index contributed by atoms with van der Waals surface area (Å²) in [7, 11) is 1.78. The number of guanidine groups is 1. The van der Waals surface area contributed by atoms with E-state index in [2.05, 4.69) is 44.6 Å². The van der Waals surface area contributed by atoms with Gasteiger partial charge in [0.15, 0.2) is 17.5 Å². The molecule has 0 spiro atoms. The van der Waals surface area contributed by atoms with Crippen LogP contribution in [-0.2, 0) is 13.0 Å². The molecule has 5 nitrogen and oxygen atoms in total. The van der Waals surface area contributed by atoms with E-state index in [9.17, 15) is 0 Å². The van der Waals surface area contributed by atoms with Gasteiger partial charge in [-0.05, 0) is 60.4 Å². The van der Waals surface area contributed by atoms with Gasteiger partial charge in [-0.3, -0.25) is 4.99 Å². The van der Waals surface area contributed by atoms with Crippen molar-refractivity contribution >= 4 is 41.3 Å². The maximum Gasteiger partial charge on any atom is 0.191 e. The zero-order valence-electron chi connectivity index (χ0n) is 15.6. The van der Waals surface area contributed by atoms with Gasteiger partial charge in [0.05, 0.1) is 13.2 Å². The summed E-state index contributed by atoms with van der Waals surface area (Å²) in [5, 5.41) is 10.9. The number of ether oxygens (including phenoxy) is 2. The number of hydrogen-bond donors (Lipinski definition) is 2. The Hall–Kier alpha value is -1.48. The summed E-state index contributed by atoms with van der Waals surface area (Å²) in [6.07, 6.45) is 0.881. The van der Waals surface area contributed by atoms with Crippen molar-refractivity contribution in [3.8, 4) is 11.5 Å². The first-order chi connectivity index (χ1) is 12.3. The lowest BCUT2D eigenvalue weighted by Crippen LogP contribution is -2.37. The highest BCUT2D eigenvalue weighted by molar-refractivity contribution is 14.0. The summed E-state index contributed by atoms with van der Waals surface area (Å²) in [6, 6.07) is 8.22. The number of aliphatic imine (C=N–C) groups is 1. The van der Waals surface area contributed by atoms with Gasteiger partial charge in [0.25, 0.3) is 0 Å². The van der Waals surface area contributed by atoms with Crippen LogP contribution >= 0.6 is 35.3 Å². The highest BCUT2D eigenvalue weighted by atomic mass is 127. The summed E-state index contributed by atoms with van der Waals surface area (Å²) in [5.41, 5.74) is 2.47. The summed E-state index contributed by atoms with van der Waals surface area (Å²) in [6.45, 7) is 6.78. The Kier molecular flexibility index (Phi) is 11.1. The van der Waals surface area contributed by atoms with E-state index in [0.717, 1.165) is 37.0 Å². The Morgan fingerprint density at radius 1 is 1.04 bits per heavy atom. The van der Waals surface area contributed by atoms with Crippen molar-refractivity contribution in [3.05, 3.63) is 46.2 Å². The molecule has 0 bridgehead atoms. The lowest BCUT2D eigenvalue weighted by Gasteiger charge is -2.14. The van der Waals surface area contributed by atoms with Crippen LogP contribution in [-0.4, -0.2) is 32.8 Å². The second-order valence-electron chi connectivity index (χ2n) is 5.38. The Labute approximate surface area is 177 Å². The highest BCUT2D eigenvalue weighted by Crippen LogP contribution is 2.28. The third kappa shape index (κ3) is 7.41. The number of thiophene rings is 1. The van der Waals surface area contributed by atoms with E-state index in [1.165, 1.54) is 11.1 Å². The minimum Gasteiger partial charge on any atom is -0.490 e. The average Bonchev–Trinajstić information content (AvgIpc) is 3.14. The van der Waals surface area contributed by atoms with Gasteiger partial charge in [0.1, 0.15) is 0 Å². The molecule has 2 N–H and O–H groups in total. The third-order valence-corrected chi connectivity index (χ3v) is 4.31. The smallest absolute Gasteiger partial charge is 0.191 e. The molecule has 0 aliphatic rings. The fourth-order valence-corrected chi connectivity index (χ4v) is 3.04. The number of hydrogen-bond acceptors (Lipinski definition) is 4. The molecule has 0 amide bonds. The van der Waals surface area contributed by atoms with Gasteiger partial charge in [0.2, 0.25) is 0 Å². The number of benzene rings is 1. The molecule has 144 valence electrons.